The monoisotopic (exact) mass is 474 g/mol. The first-order valence-corrected chi connectivity index (χ1v) is 9.86. The fourth-order valence-electron chi connectivity index (χ4n) is 2.06. The van der Waals surface area contributed by atoms with Gasteiger partial charge in [0.15, 0.2) is 5.11 Å². The largest absolute Gasteiger partial charge is 0.493 e. The van der Waals surface area contributed by atoms with E-state index in [1.54, 1.807) is 30.3 Å². The van der Waals surface area contributed by atoms with Gasteiger partial charge < -0.3 is 10.1 Å². The van der Waals surface area contributed by atoms with Gasteiger partial charge in [0.1, 0.15) is 5.75 Å². The lowest BCUT2D eigenvalue weighted by molar-refractivity contribution is 0.0973. The van der Waals surface area contributed by atoms with Crippen molar-refractivity contribution in [2.24, 2.45) is 0 Å². The number of unbranched alkanes of at least 4 members (excludes halogenated alkanes) is 1. The van der Waals surface area contributed by atoms with Crippen LogP contribution in [0, 0.1) is 0 Å². The minimum Gasteiger partial charge on any atom is -0.493 e. The maximum Gasteiger partial charge on any atom is 0.261 e. The van der Waals surface area contributed by atoms with Gasteiger partial charge in [-0.25, -0.2) is 0 Å². The summed E-state index contributed by atoms with van der Waals surface area (Å²) in [6, 6.07) is 10.4. The number of nitrogens with one attached hydrogen (secondary N) is 2. The molecule has 0 aliphatic heterocycles. The van der Waals surface area contributed by atoms with Crippen molar-refractivity contribution in [3.05, 3.63) is 56.5 Å². The number of carbonyl (C=O) groups is 1. The van der Waals surface area contributed by atoms with E-state index in [0.29, 0.717) is 33.7 Å². The van der Waals surface area contributed by atoms with Crippen LogP contribution in [0.1, 0.15) is 30.1 Å². The average Bonchev–Trinajstić information content (AvgIpc) is 2.60. The van der Waals surface area contributed by atoms with E-state index in [-0.39, 0.29) is 11.0 Å². The van der Waals surface area contributed by atoms with Crippen molar-refractivity contribution in [1.82, 2.24) is 5.32 Å². The quantitative estimate of drug-likeness (QED) is 0.393. The molecule has 0 aliphatic carbocycles. The van der Waals surface area contributed by atoms with Gasteiger partial charge in [-0.1, -0.05) is 58.5 Å². The maximum atomic E-state index is 12.6. The van der Waals surface area contributed by atoms with Gasteiger partial charge in [-0.05, 0) is 49.0 Å². The van der Waals surface area contributed by atoms with Crippen LogP contribution in [0.2, 0.25) is 10.0 Å². The molecule has 2 aromatic rings. The molecule has 2 rings (SSSR count). The predicted octanol–water partition coefficient (Wildman–Crippen LogP) is 6.06. The Labute approximate surface area is 176 Å². The molecule has 138 valence electrons. The third kappa shape index (κ3) is 5.84. The van der Waals surface area contributed by atoms with Crippen LogP contribution in [-0.2, 0) is 0 Å². The summed E-state index contributed by atoms with van der Waals surface area (Å²) in [7, 11) is 0. The van der Waals surface area contributed by atoms with Crippen LogP contribution in [0.5, 0.6) is 5.75 Å². The van der Waals surface area contributed by atoms with Crippen molar-refractivity contribution in [2.75, 3.05) is 11.9 Å². The first-order valence-electron chi connectivity index (χ1n) is 7.91. The van der Waals surface area contributed by atoms with Crippen LogP contribution in [0.25, 0.3) is 0 Å². The molecule has 0 atom stereocenters. The molecule has 0 bridgehead atoms. The smallest absolute Gasteiger partial charge is 0.261 e. The van der Waals surface area contributed by atoms with E-state index < -0.39 is 0 Å². The fraction of sp³-hybridized carbons (Fsp3) is 0.222. The third-order valence-electron chi connectivity index (χ3n) is 3.37. The Bertz CT molecular complexity index is 818. The number of carbonyl (C=O) groups excluding carboxylic acids is 1. The SMILES string of the molecule is CCCCOc1ccc(Br)cc1C(=O)NC(=S)Nc1cccc(Cl)c1Cl. The van der Waals surface area contributed by atoms with E-state index in [1.165, 1.54) is 0 Å². The Morgan fingerprint density at radius 2 is 2.04 bits per heavy atom. The number of hydrogen-bond donors (Lipinski definition) is 2. The Kier molecular flexibility index (Phi) is 8.15. The maximum absolute atomic E-state index is 12.6. The predicted molar refractivity (Wildman–Crippen MR) is 115 cm³/mol. The average molecular weight is 476 g/mol. The number of benzene rings is 2. The van der Waals surface area contributed by atoms with Crippen molar-refractivity contribution in [1.29, 1.82) is 0 Å². The molecule has 0 saturated heterocycles. The van der Waals surface area contributed by atoms with Crippen LogP contribution >= 0.6 is 51.3 Å². The van der Waals surface area contributed by atoms with E-state index in [0.717, 1.165) is 17.3 Å². The summed E-state index contributed by atoms with van der Waals surface area (Å²) in [5.74, 6) is 0.121. The summed E-state index contributed by atoms with van der Waals surface area (Å²) in [6.45, 7) is 2.61. The van der Waals surface area contributed by atoms with Gasteiger partial charge in [-0.2, -0.15) is 0 Å². The fourth-order valence-corrected chi connectivity index (χ4v) is 2.97. The van der Waals surface area contributed by atoms with E-state index in [2.05, 4.69) is 33.5 Å². The Balaban J connectivity index is 2.10. The van der Waals surface area contributed by atoms with Gasteiger partial charge in [-0.3, -0.25) is 10.1 Å². The number of ether oxygens (including phenoxy) is 1. The van der Waals surface area contributed by atoms with Crippen LogP contribution in [-0.4, -0.2) is 17.6 Å². The van der Waals surface area contributed by atoms with Crippen molar-refractivity contribution < 1.29 is 9.53 Å². The Hall–Kier alpha value is -1.34. The molecule has 2 aromatic carbocycles. The minimum absolute atomic E-state index is 0.110. The minimum atomic E-state index is -0.381. The summed E-state index contributed by atoms with van der Waals surface area (Å²) >= 11 is 20.7. The number of thiocarbonyl (C=S) groups is 1. The number of hydrogen-bond acceptors (Lipinski definition) is 3. The molecule has 0 aliphatic rings. The Morgan fingerprint density at radius 1 is 1.27 bits per heavy atom. The summed E-state index contributed by atoms with van der Waals surface area (Å²) in [5, 5.41) is 6.33. The second-order valence-corrected chi connectivity index (χ2v) is 7.46. The topological polar surface area (TPSA) is 50.4 Å². The molecular formula is C18H17BrCl2N2O2S. The first kappa shape index (κ1) is 21.0. The van der Waals surface area contributed by atoms with Crippen LogP contribution in [0.3, 0.4) is 0 Å². The second kappa shape index (κ2) is 10.1. The van der Waals surface area contributed by atoms with Crippen LogP contribution in [0.4, 0.5) is 5.69 Å². The standard InChI is InChI=1S/C18H17BrCl2N2O2S/c1-2-3-9-25-15-8-7-11(19)10-12(15)17(24)23-18(26)22-14-6-4-5-13(20)16(14)21/h4-8,10H,2-3,9H2,1H3,(H2,22,23,24,26). The summed E-state index contributed by atoms with van der Waals surface area (Å²) in [5.41, 5.74) is 0.898. The number of anilines is 1. The zero-order valence-corrected chi connectivity index (χ0v) is 17.9. The summed E-state index contributed by atoms with van der Waals surface area (Å²) in [6.07, 6.45) is 1.91. The molecular weight excluding hydrogens is 459 g/mol. The molecule has 1 amide bonds. The second-order valence-electron chi connectivity index (χ2n) is 5.35. The highest BCUT2D eigenvalue weighted by molar-refractivity contribution is 9.10. The molecule has 4 nitrogen and oxygen atoms in total. The molecule has 0 spiro atoms. The highest BCUT2D eigenvalue weighted by Gasteiger charge is 2.15. The molecule has 8 heteroatoms. The number of halogens is 3. The highest BCUT2D eigenvalue weighted by atomic mass is 79.9. The molecule has 0 aromatic heterocycles. The van der Waals surface area contributed by atoms with E-state index in [9.17, 15) is 4.79 Å². The van der Waals surface area contributed by atoms with E-state index in [4.69, 9.17) is 40.2 Å². The molecule has 2 N–H and O–H groups in total. The first-order chi connectivity index (χ1) is 12.4. The molecule has 0 heterocycles. The van der Waals surface area contributed by atoms with Crippen LogP contribution < -0.4 is 15.4 Å². The molecule has 0 saturated carbocycles. The van der Waals surface area contributed by atoms with Crippen molar-refractivity contribution >= 4 is 68.1 Å². The molecule has 0 radical (unpaired) electrons. The lowest BCUT2D eigenvalue weighted by Crippen LogP contribution is -2.34. The van der Waals surface area contributed by atoms with Gasteiger partial charge in [0.05, 0.1) is 27.9 Å². The molecule has 26 heavy (non-hydrogen) atoms. The zero-order valence-electron chi connectivity index (χ0n) is 13.9. The third-order valence-corrected chi connectivity index (χ3v) is 4.88. The highest BCUT2D eigenvalue weighted by Crippen LogP contribution is 2.29. The summed E-state index contributed by atoms with van der Waals surface area (Å²) in [4.78, 5) is 12.6. The van der Waals surface area contributed by atoms with E-state index >= 15 is 0 Å². The van der Waals surface area contributed by atoms with Crippen molar-refractivity contribution in [2.45, 2.75) is 19.8 Å². The summed E-state index contributed by atoms with van der Waals surface area (Å²) < 4.78 is 6.47. The zero-order chi connectivity index (χ0) is 19.1. The van der Waals surface area contributed by atoms with Crippen LogP contribution in [0.15, 0.2) is 40.9 Å². The van der Waals surface area contributed by atoms with Gasteiger partial charge in [0.25, 0.3) is 5.91 Å². The normalized spacial score (nSPS) is 10.3. The van der Waals surface area contributed by atoms with Crippen molar-refractivity contribution in [3.63, 3.8) is 0 Å². The van der Waals surface area contributed by atoms with Gasteiger partial charge >= 0.3 is 0 Å². The van der Waals surface area contributed by atoms with Gasteiger partial charge in [0, 0.05) is 4.47 Å². The van der Waals surface area contributed by atoms with E-state index in [1.807, 2.05) is 6.07 Å². The lowest BCUT2D eigenvalue weighted by Gasteiger charge is -2.14. The lowest BCUT2D eigenvalue weighted by atomic mass is 10.2. The van der Waals surface area contributed by atoms with Crippen molar-refractivity contribution in [3.8, 4) is 5.75 Å². The van der Waals surface area contributed by atoms with Gasteiger partial charge in [-0.15, -0.1) is 0 Å². The molecule has 0 fully saturated rings. The number of amides is 1. The van der Waals surface area contributed by atoms with Gasteiger partial charge in [0.2, 0.25) is 0 Å². The molecule has 0 unspecified atom stereocenters. The Morgan fingerprint density at radius 3 is 2.77 bits per heavy atom. The number of rotatable bonds is 6.